The minimum absolute atomic E-state index is 0.0229. The highest BCUT2D eigenvalue weighted by Crippen LogP contribution is 3.02. The summed E-state index contributed by atoms with van der Waals surface area (Å²) in [6, 6.07) is 4.33. The van der Waals surface area contributed by atoms with E-state index in [4.69, 9.17) is 26.1 Å². The van der Waals surface area contributed by atoms with Crippen molar-refractivity contribution in [3.63, 3.8) is 0 Å². The van der Waals surface area contributed by atoms with Crippen LogP contribution in [0.5, 0.6) is 0 Å². The summed E-state index contributed by atoms with van der Waals surface area (Å²) in [6.45, 7) is -1.58. The number of benzene rings is 1. The van der Waals surface area contributed by atoms with Crippen molar-refractivity contribution in [2.45, 2.75) is 36.0 Å². The van der Waals surface area contributed by atoms with Gasteiger partial charge in [0.2, 0.25) is 0 Å². The van der Waals surface area contributed by atoms with Crippen LogP contribution in [-0.2, 0) is 24.9 Å². The summed E-state index contributed by atoms with van der Waals surface area (Å²) in [5.74, 6) is -1.50. The lowest BCUT2D eigenvalue weighted by Gasteiger charge is -2.41. The summed E-state index contributed by atoms with van der Waals surface area (Å²) in [5.41, 5.74) is -0.844. The van der Waals surface area contributed by atoms with E-state index >= 15 is 0 Å². The van der Waals surface area contributed by atoms with E-state index in [1.54, 1.807) is 0 Å². The Labute approximate surface area is 232 Å². The van der Waals surface area contributed by atoms with Crippen LogP contribution in [-0.4, -0.2) is 70.5 Å². The van der Waals surface area contributed by atoms with Crippen molar-refractivity contribution in [1.29, 1.82) is 0 Å². The van der Waals surface area contributed by atoms with Gasteiger partial charge in [-0.3, -0.25) is 9.13 Å². The molecule has 1 saturated heterocycles. The van der Waals surface area contributed by atoms with Crippen molar-refractivity contribution in [3.05, 3.63) is 47.2 Å². The molecule has 6 N–H and O–H groups in total. The topological polar surface area (TPSA) is 196 Å². The number of pyridine rings is 1. The van der Waals surface area contributed by atoms with Gasteiger partial charge in [-0.2, -0.15) is 5.10 Å². The third-order valence-corrected chi connectivity index (χ3v) is 10.7. The number of rotatable bonds is 10. The minimum atomic E-state index is -10.0. The van der Waals surface area contributed by atoms with Crippen LogP contribution in [0, 0.1) is 0 Å². The molecule has 0 amide bonds. The van der Waals surface area contributed by atoms with Crippen LogP contribution in [0.1, 0.15) is 11.8 Å². The van der Waals surface area contributed by atoms with Crippen LogP contribution >= 0.6 is 37.0 Å². The summed E-state index contributed by atoms with van der Waals surface area (Å²) in [4.78, 5) is 29.4. The van der Waals surface area contributed by atoms with Gasteiger partial charge in [0.15, 0.2) is 17.8 Å². The fourth-order valence-corrected chi connectivity index (χ4v) is 7.80. The monoisotopic (exact) mass is 674 g/mol. The summed E-state index contributed by atoms with van der Waals surface area (Å²) in [7, 11) is -19.8. The number of aromatic nitrogens is 3. The standard InChI is InChI=1S/C19H22ClF5N4O9P2S/c20-15-5-12(26-6-10-3-1-2-4-14(10)41(21,22,23,24)25)11-7-27-29(18(11)28-15)19-17(31)16(30)13(38-19)8-37-40(35,36)9-39(32,33)34/h1-5,7,13,16-17,19,30-31H,6,8-9H2,(H,26,28)(H,35,36)(H2,32,33,34). The molecule has 230 valence electrons. The van der Waals surface area contributed by atoms with Crippen molar-refractivity contribution < 1.29 is 62.7 Å². The highest BCUT2D eigenvalue weighted by Gasteiger charge is 2.66. The Morgan fingerprint density at radius 3 is 2.39 bits per heavy atom. The molecule has 3 aromatic rings. The molecule has 22 heteroatoms. The predicted octanol–water partition coefficient (Wildman–Crippen LogP) is 4.31. The quantitative estimate of drug-likeness (QED) is 0.101. The van der Waals surface area contributed by atoms with Crippen LogP contribution in [0.25, 0.3) is 11.0 Å². The third-order valence-electron chi connectivity index (χ3n) is 5.77. The van der Waals surface area contributed by atoms with Crippen LogP contribution in [0.2, 0.25) is 5.15 Å². The summed E-state index contributed by atoms with van der Waals surface area (Å²) >= 11 is 6.05. The maximum absolute atomic E-state index is 13.5. The zero-order valence-electron chi connectivity index (χ0n) is 20.2. The van der Waals surface area contributed by atoms with E-state index in [0.29, 0.717) is 0 Å². The number of ether oxygens (including phenoxy) is 1. The molecule has 1 fully saturated rings. The lowest BCUT2D eigenvalue weighted by atomic mass is 10.1. The van der Waals surface area contributed by atoms with Crippen LogP contribution < -0.4 is 5.32 Å². The molecule has 0 bridgehead atoms. The second kappa shape index (κ2) is 10.1. The first kappa shape index (κ1) is 32.0. The minimum Gasteiger partial charge on any atom is -0.387 e. The van der Waals surface area contributed by atoms with Crippen LogP contribution in [0.3, 0.4) is 0 Å². The van der Waals surface area contributed by atoms with Gasteiger partial charge in [0.25, 0.3) is 0 Å². The molecular weight excluding hydrogens is 653 g/mol. The summed E-state index contributed by atoms with van der Waals surface area (Å²) in [5, 5.41) is 27.3. The van der Waals surface area contributed by atoms with E-state index in [1.807, 2.05) is 0 Å². The van der Waals surface area contributed by atoms with E-state index < -0.39 is 79.5 Å². The van der Waals surface area contributed by atoms with Crippen LogP contribution in [0.4, 0.5) is 25.1 Å². The maximum atomic E-state index is 13.5. The van der Waals surface area contributed by atoms with E-state index in [9.17, 15) is 43.7 Å². The first-order valence-corrected chi connectivity index (χ1v) is 17.1. The Morgan fingerprint density at radius 1 is 1.10 bits per heavy atom. The van der Waals surface area contributed by atoms with Crippen molar-refractivity contribution >= 4 is 53.7 Å². The van der Waals surface area contributed by atoms with E-state index in [2.05, 4.69) is 19.9 Å². The Morgan fingerprint density at radius 2 is 1.76 bits per heavy atom. The number of fused-ring (bicyclic) bond motifs is 1. The zero-order valence-corrected chi connectivity index (χ0v) is 23.5. The van der Waals surface area contributed by atoms with Gasteiger partial charge in [0.05, 0.1) is 23.9 Å². The van der Waals surface area contributed by atoms with Crippen molar-refractivity contribution in [2.75, 3.05) is 17.8 Å². The maximum Gasteiger partial charge on any atom is 0.340 e. The van der Waals surface area contributed by atoms with Gasteiger partial charge >= 0.3 is 25.4 Å². The predicted molar refractivity (Wildman–Crippen MR) is 136 cm³/mol. The molecule has 1 aliphatic heterocycles. The van der Waals surface area contributed by atoms with Crippen molar-refractivity contribution in [3.8, 4) is 0 Å². The molecule has 13 nitrogen and oxygen atoms in total. The highest BCUT2D eigenvalue weighted by molar-refractivity contribution is 8.45. The fraction of sp³-hybridized carbons (Fsp3) is 0.368. The third kappa shape index (κ3) is 7.55. The number of aliphatic hydroxyl groups is 2. The number of anilines is 1. The van der Waals surface area contributed by atoms with Gasteiger partial charge in [-0.15, -0.1) is 0 Å². The second-order valence-corrected chi connectivity index (χ2v) is 15.8. The molecule has 41 heavy (non-hydrogen) atoms. The zero-order chi connectivity index (χ0) is 30.7. The van der Waals surface area contributed by atoms with E-state index in [1.165, 1.54) is 6.07 Å². The van der Waals surface area contributed by atoms with Gasteiger partial charge in [0.1, 0.15) is 28.4 Å². The average Bonchev–Trinajstić information content (AvgIpc) is 3.34. The fourth-order valence-electron chi connectivity index (χ4n) is 4.07. The second-order valence-electron chi connectivity index (χ2n) is 9.03. The van der Waals surface area contributed by atoms with E-state index in [0.717, 1.165) is 29.1 Å². The first-order valence-electron chi connectivity index (χ1n) is 11.2. The Hall–Kier alpha value is -1.89. The molecule has 1 aliphatic rings. The molecule has 3 heterocycles. The summed E-state index contributed by atoms with van der Waals surface area (Å²) in [6.07, 6.45) is -5.33. The molecule has 5 atom stereocenters. The Kier molecular flexibility index (Phi) is 7.89. The summed E-state index contributed by atoms with van der Waals surface area (Å²) < 4.78 is 102. The number of hydrogen-bond acceptors (Lipinski definition) is 9. The average molecular weight is 675 g/mol. The highest BCUT2D eigenvalue weighted by atomic mass is 35.5. The molecule has 0 radical (unpaired) electrons. The van der Waals surface area contributed by atoms with Gasteiger partial charge in [-0.1, -0.05) is 49.2 Å². The first-order chi connectivity index (χ1) is 18.5. The molecular formula is C19H22ClF5N4O9P2S. The smallest absolute Gasteiger partial charge is 0.340 e. The van der Waals surface area contributed by atoms with Gasteiger partial charge in [-0.05, 0) is 17.7 Å². The largest absolute Gasteiger partial charge is 0.387 e. The lowest BCUT2D eigenvalue weighted by molar-refractivity contribution is -0.0541. The van der Waals surface area contributed by atoms with Crippen LogP contribution in [0.15, 0.2) is 41.4 Å². The number of nitrogens with zero attached hydrogens (tertiary/aromatic N) is 3. The molecule has 1 aromatic carbocycles. The number of aliphatic hydroxyl groups excluding tert-OH is 2. The van der Waals surface area contributed by atoms with Crippen molar-refractivity contribution in [2.24, 2.45) is 0 Å². The number of nitrogens with one attached hydrogen (secondary N) is 1. The van der Waals surface area contributed by atoms with E-state index in [-0.39, 0.29) is 27.9 Å². The normalized spacial score (nSPS) is 25.0. The lowest BCUT2D eigenvalue weighted by Crippen LogP contribution is -2.33. The van der Waals surface area contributed by atoms with Gasteiger partial charge in [-0.25, -0.2) is 9.67 Å². The molecule has 0 saturated carbocycles. The van der Waals surface area contributed by atoms with Crippen molar-refractivity contribution in [1.82, 2.24) is 14.8 Å². The molecule has 5 unspecified atom stereocenters. The molecule has 0 aliphatic carbocycles. The number of hydrogen-bond donors (Lipinski definition) is 6. The molecule has 2 aromatic heterocycles. The van der Waals surface area contributed by atoms with Gasteiger partial charge < -0.3 is 39.5 Å². The number of halogens is 6. The Balaban J connectivity index is 1.57. The SMILES string of the molecule is O=P(O)(O)CP(=O)(O)OCC1OC(n2ncc3c(NCc4ccccc4S(F)(F)(F)(F)F)cc(Cl)nc32)C(O)C1O. The van der Waals surface area contributed by atoms with Gasteiger partial charge in [0, 0.05) is 6.54 Å². The molecule has 4 rings (SSSR count). The Bertz CT molecular complexity index is 1580. The molecule has 0 spiro atoms.